The molecule has 0 aliphatic carbocycles. The Kier molecular flexibility index (Phi) is 10.9. The number of aryl methyl sites for hydroxylation is 3. The molecule has 6 heteroatoms. The van der Waals surface area contributed by atoms with Gasteiger partial charge in [-0.2, -0.15) is 11.2 Å². The fourth-order valence-corrected chi connectivity index (χ4v) is 7.41. The number of para-hydroxylation sites is 1. The minimum atomic E-state index is 0. The van der Waals surface area contributed by atoms with Gasteiger partial charge in [0.1, 0.15) is 5.82 Å². The summed E-state index contributed by atoms with van der Waals surface area (Å²) < 4.78 is 11.0. The molecule has 0 radical (unpaired) electrons. The molecule has 0 atom stereocenters. The van der Waals surface area contributed by atoms with Crippen LogP contribution in [0.3, 0.4) is 0 Å². The molecule has 0 aliphatic heterocycles. The van der Waals surface area contributed by atoms with Gasteiger partial charge in [-0.05, 0) is 103 Å². The Hall–Kier alpha value is -4.50. The van der Waals surface area contributed by atoms with Crippen LogP contribution in [0, 0.1) is 44.7 Å². The molecule has 0 unspecified atom stereocenters. The summed E-state index contributed by atoms with van der Waals surface area (Å²) in [6.07, 6.45) is 3.80. The molecule has 0 spiro atoms. The first-order valence-corrected chi connectivity index (χ1v) is 18.3. The molecule has 3 aromatic heterocycles. The van der Waals surface area contributed by atoms with Gasteiger partial charge in [0.25, 0.3) is 0 Å². The molecule has 0 aliphatic rings. The summed E-state index contributed by atoms with van der Waals surface area (Å²) in [6.45, 7) is 20.0. The zero-order valence-electron chi connectivity index (χ0n) is 31.7. The van der Waals surface area contributed by atoms with E-state index in [1.54, 1.807) is 0 Å². The molecular weight excluding hydrogens is 731 g/mol. The van der Waals surface area contributed by atoms with Crippen LogP contribution in [0.1, 0.15) is 81.1 Å². The van der Waals surface area contributed by atoms with Gasteiger partial charge in [0, 0.05) is 28.8 Å². The van der Waals surface area contributed by atoms with Crippen molar-refractivity contribution in [3.05, 3.63) is 131 Å². The third-order valence-electron chi connectivity index (χ3n) is 9.70. The molecule has 7 rings (SSSR count). The second kappa shape index (κ2) is 15.2. The van der Waals surface area contributed by atoms with Gasteiger partial charge in [0.15, 0.2) is 0 Å². The van der Waals surface area contributed by atoms with Gasteiger partial charge in [-0.15, -0.1) is 41.3 Å². The van der Waals surface area contributed by atoms with Gasteiger partial charge < -0.3 is 9.30 Å². The summed E-state index contributed by atoms with van der Waals surface area (Å²) in [4.78, 5) is 4.84. The van der Waals surface area contributed by atoms with E-state index in [1.165, 1.54) is 33.5 Å². The smallest absolute Gasteiger partial charge is 0.509 e. The fourth-order valence-electron chi connectivity index (χ4n) is 7.41. The Labute approximate surface area is 322 Å². The molecule has 4 aromatic carbocycles. The third-order valence-corrected chi connectivity index (χ3v) is 9.70. The summed E-state index contributed by atoms with van der Waals surface area (Å²) >= 11 is 0. The average molecular weight is 779 g/mol. The van der Waals surface area contributed by atoms with E-state index in [9.17, 15) is 0 Å². The zero-order valence-corrected chi connectivity index (χ0v) is 33.3. The molecule has 0 amide bonds. The van der Waals surface area contributed by atoms with Gasteiger partial charge in [-0.25, -0.2) is 4.98 Å². The number of ether oxygens (including phenoxy) is 1. The number of aromatic nitrogens is 4. The van der Waals surface area contributed by atoms with E-state index in [-0.39, 0.29) is 26.3 Å². The second-order valence-corrected chi connectivity index (χ2v) is 15.2. The molecule has 0 saturated carbocycles. The molecule has 7 aromatic rings. The number of benzene rings is 4. The van der Waals surface area contributed by atoms with Gasteiger partial charge in [0.05, 0.1) is 11.4 Å². The molecular formula is C46H48N4OPd. The predicted molar refractivity (Wildman–Crippen MR) is 211 cm³/mol. The molecule has 0 saturated heterocycles. The Morgan fingerprint density at radius 2 is 1.44 bits per heavy atom. The maximum Gasteiger partial charge on any atom is 2.00 e. The molecule has 268 valence electrons. The molecule has 0 fully saturated rings. The first-order valence-electron chi connectivity index (χ1n) is 18.3. The van der Waals surface area contributed by atoms with E-state index in [0.29, 0.717) is 23.3 Å². The van der Waals surface area contributed by atoms with E-state index in [4.69, 9.17) is 14.8 Å². The van der Waals surface area contributed by atoms with Crippen LogP contribution in [0.2, 0.25) is 0 Å². The summed E-state index contributed by atoms with van der Waals surface area (Å²) in [5.41, 5.74) is 12.6. The molecule has 52 heavy (non-hydrogen) atoms. The van der Waals surface area contributed by atoms with Gasteiger partial charge in [-0.1, -0.05) is 83.5 Å². The van der Waals surface area contributed by atoms with Crippen molar-refractivity contribution in [3.63, 3.8) is 0 Å². The predicted octanol–water partition coefficient (Wildman–Crippen LogP) is 11.9. The van der Waals surface area contributed by atoms with E-state index in [0.717, 1.165) is 57.4 Å². The number of hydrogen-bond donors (Lipinski definition) is 0. The van der Waals surface area contributed by atoms with Crippen LogP contribution in [0.4, 0.5) is 0 Å². The topological polar surface area (TPSA) is 44.9 Å². The normalized spacial score (nSPS) is 11.7. The van der Waals surface area contributed by atoms with Crippen LogP contribution in [0.15, 0.2) is 85.1 Å². The van der Waals surface area contributed by atoms with E-state index in [2.05, 4.69) is 156 Å². The summed E-state index contributed by atoms with van der Waals surface area (Å²) in [6, 6.07) is 35.1. The average Bonchev–Trinajstić information content (AvgIpc) is 3.57. The largest absolute Gasteiger partial charge is 2.00 e. The van der Waals surface area contributed by atoms with Crippen LogP contribution in [-0.2, 0) is 33.3 Å². The van der Waals surface area contributed by atoms with Crippen LogP contribution >= 0.6 is 0 Å². The summed E-state index contributed by atoms with van der Waals surface area (Å²) in [7, 11) is 0. The van der Waals surface area contributed by atoms with Gasteiger partial charge in [0.2, 0.25) is 0 Å². The number of hydrogen-bond acceptors (Lipinski definition) is 3. The molecule has 3 heterocycles. The Morgan fingerprint density at radius 1 is 0.712 bits per heavy atom. The number of nitrogens with zero attached hydrogens (tertiary/aromatic N) is 4. The Morgan fingerprint density at radius 3 is 2.15 bits per heavy atom. The van der Waals surface area contributed by atoms with E-state index >= 15 is 0 Å². The van der Waals surface area contributed by atoms with E-state index in [1.807, 2.05) is 12.3 Å². The van der Waals surface area contributed by atoms with Crippen molar-refractivity contribution >= 4 is 21.8 Å². The maximum absolute atomic E-state index is 6.70. The van der Waals surface area contributed by atoms with Gasteiger partial charge >= 0.3 is 20.4 Å². The van der Waals surface area contributed by atoms with Crippen LogP contribution in [-0.4, -0.2) is 19.3 Å². The van der Waals surface area contributed by atoms with Crippen molar-refractivity contribution in [2.24, 2.45) is 11.8 Å². The molecule has 0 bridgehead atoms. The first-order chi connectivity index (χ1) is 24.5. The monoisotopic (exact) mass is 778 g/mol. The molecule has 5 nitrogen and oxygen atoms in total. The van der Waals surface area contributed by atoms with Crippen LogP contribution < -0.4 is 4.74 Å². The van der Waals surface area contributed by atoms with Crippen molar-refractivity contribution in [2.45, 2.75) is 81.1 Å². The standard InChI is InChI=1S/C46H48N4O.Pd/c1-28(2)21-34-19-20-47-44(23-34)49-41-16-11-10-15-39(41)40-18-17-37(27-42(40)49)51-38-25-35(30(5)6)24-36(26-38)50-43(22-29(3)4)46(33(9)48-50)45-31(7)13-12-14-32(45)8;/h10-20,23-25,28-30H,21-22H2,1-9H3;/q-2;+2. The zero-order chi connectivity index (χ0) is 36.0. The first kappa shape index (κ1) is 37.3. The minimum Gasteiger partial charge on any atom is -0.509 e. The van der Waals surface area contributed by atoms with Crippen LogP contribution in [0.5, 0.6) is 11.5 Å². The maximum atomic E-state index is 6.70. The fraction of sp³-hybridized carbons (Fsp3) is 0.304. The minimum absolute atomic E-state index is 0. The van der Waals surface area contributed by atoms with Crippen molar-refractivity contribution in [2.75, 3.05) is 0 Å². The van der Waals surface area contributed by atoms with Crippen molar-refractivity contribution < 1.29 is 25.2 Å². The summed E-state index contributed by atoms with van der Waals surface area (Å²) in [5, 5.41) is 7.46. The van der Waals surface area contributed by atoms with Crippen molar-refractivity contribution in [3.8, 4) is 34.1 Å². The number of pyridine rings is 1. The Bertz CT molecular complexity index is 2360. The van der Waals surface area contributed by atoms with Crippen molar-refractivity contribution in [1.29, 1.82) is 0 Å². The quantitative estimate of drug-likeness (QED) is 0.103. The van der Waals surface area contributed by atoms with Crippen LogP contribution in [0.25, 0.3) is 44.4 Å². The van der Waals surface area contributed by atoms with Crippen molar-refractivity contribution in [1.82, 2.24) is 19.3 Å². The number of fused-ring (bicyclic) bond motifs is 3. The third kappa shape index (κ3) is 7.25. The van der Waals surface area contributed by atoms with Gasteiger partial charge in [-0.3, -0.25) is 4.68 Å². The Balaban J connectivity index is 0.00000464. The number of rotatable bonds is 10. The second-order valence-electron chi connectivity index (χ2n) is 15.2. The SMILES string of the molecule is Cc1cccc(C)c1-c1c(C)nn(-c2[c-]c(Oc3[c-]c4c(cc3)c3ccccc3n4-c3cc(CC(C)C)ccn3)cc(C(C)C)c2)c1CC(C)C.[Pd+2]. The molecule has 0 N–H and O–H groups in total. The van der Waals surface area contributed by atoms with E-state index < -0.39 is 0 Å². The summed E-state index contributed by atoms with van der Waals surface area (Å²) in [5.74, 6) is 3.43.